The molecule has 0 aliphatic heterocycles. The summed E-state index contributed by atoms with van der Waals surface area (Å²) in [4.78, 5) is 5.30. The molecule has 0 unspecified atom stereocenters. The lowest BCUT2D eigenvalue weighted by Crippen LogP contribution is -1.93. The number of thiophene rings is 1. The minimum absolute atomic E-state index is 0.548. The highest BCUT2D eigenvalue weighted by molar-refractivity contribution is 7.99. The van der Waals surface area contributed by atoms with Gasteiger partial charge in [0, 0.05) is 13.2 Å². The number of pyridine rings is 1. The van der Waals surface area contributed by atoms with Gasteiger partial charge in [0.05, 0.1) is 10.4 Å². The normalized spacial score (nSPS) is 10.4. The van der Waals surface area contributed by atoms with Gasteiger partial charge in [-0.15, -0.1) is 21.5 Å². The van der Waals surface area contributed by atoms with Crippen molar-refractivity contribution in [1.29, 1.82) is 5.26 Å². The monoisotopic (exact) mass is 299 g/mol. The molecule has 98 valence electrons. The van der Waals surface area contributed by atoms with Crippen LogP contribution < -0.4 is 0 Å². The van der Waals surface area contributed by atoms with Crippen LogP contribution in [0, 0.1) is 11.3 Å². The molecule has 0 saturated carbocycles. The van der Waals surface area contributed by atoms with Crippen LogP contribution in [-0.4, -0.2) is 19.7 Å². The van der Waals surface area contributed by atoms with Crippen LogP contribution in [0.1, 0.15) is 5.56 Å². The molecular formula is C13H9N5S2. The first-order valence-corrected chi connectivity index (χ1v) is 7.45. The minimum atomic E-state index is 0.548. The molecule has 0 bridgehead atoms. The van der Waals surface area contributed by atoms with Crippen molar-refractivity contribution >= 4 is 23.1 Å². The van der Waals surface area contributed by atoms with E-state index in [1.165, 1.54) is 11.8 Å². The molecule has 3 rings (SSSR count). The highest BCUT2D eigenvalue weighted by Crippen LogP contribution is 2.29. The molecule has 0 saturated heterocycles. The number of aromatic nitrogens is 4. The molecule has 7 heteroatoms. The van der Waals surface area contributed by atoms with Crippen molar-refractivity contribution in [2.24, 2.45) is 7.05 Å². The fourth-order valence-electron chi connectivity index (χ4n) is 1.62. The van der Waals surface area contributed by atoms with Crippen LogP contribution in [0.4, 0.5) is 0 Å². The van der Waals surface area contributed by atoms with E-state index in [4.69, 9.17) is 5.26 Å². The molecule has 0 N–H and O–H groups in total. The molecule has 0 radical (unpaired) electrons. The SMILES string of the molecule is Cn1c(Sc2ccc(C#N)cn2)nnc1-c1cccs1. The maximum Gasteiger partial charge on any atom is 0.197 e. The van der Waals surface area contributed by atoms with E-state index in [2.05, 4.69) is 15.2 Å². The predicted octanol–water partition coefficient (Wildman–Crippen LogP) is 2.96. The van der Waals surface area contributed by atoms with E-state index in [0.29, 0.717) is 5.56 Å². The molecule has 0 amide bonds. The number of nitriles is 1. The fourth-order valence-corrected chi connectivity index (χ4v) is 3.10. The van der Waals surface area contributed by atoms with Crippen molar-refractivity contribution in [2.75, 3.05) is 0 Å². The summed E-state index contributed by atoms with van der Waals surface area (Å²) in [5.41, 5.74) is 0.548. The lowest BCUT2D eigenvalue weighted by molar-refractivity contribution is 0.793. The zero-order chi connectivity index (χ0) is 13.9. The lowest BCUT2D eigenvalue weighted by atomic mass is 10.3. The van der Waals surface area contributed by atoms with E-state index in [1.807, 2.05) is 41.3 Å². The van der Waals surface area contributed by atoms with E-state index in [1.54, 1.807) is 23.6 Å². The molecule has 5 nitrogen and oxygen atoms in total. The molecule has 0 atom stereocenters. The van der Waals surface area contributed by atoms with E-state index >= 15 is 0 Å². The molecule has 3 aromatic heterocycles. The van der Waals surface area contributed by atoms with Crippen LogP contribution in [-0.2, 0) is 7.05 Å². The third-order valence-corrected chi connectivity index (χ3v) is 4.49. The van der Waals surface area contributed by atoms with Crippen LogP contribution in [0.15, 0.2) is 46.0 Å². The summed E-state index contributed by atoms with van der Waals surface area (Å²) in [5.74, 6) is 0.844. The Kier molecular flexibility index (Phi) is 3.50. The summed E-state index contributed by atoms with van der Waals surface area (Å²) < 4.78 is 1.94. The van der Waals surface area contributed by atoms with Gasteiger partial charge in [0.2, 0.25) is 0 Å². The van der Waals surface area contributed by atoms with Gasteiger partial charge in [-0.3, -0.25) is 0 Å². The van der Waals surface area contributed by atoms with Gasteiger partial charge in [-0.05, 0) is 35.3 Å². The smallest absolute Gasteiger partial charge is 0.197 e. The average molecular weight is 299 g/mol. The Morgan fingerprint density at radius 2 is 2.20 bits per heavy atom. The first kappa shape index (κ1) is 12.8. The van der Waals surface area contributed by atoms with Crippen LogP contribution in [0.25, 0.3) is 10.7 Å². The molecular weight excluding hydrogens is 290 g/mol. The summed E-state index contributed by atoms with van der Waals surface area (Å²) in [5, 5.41) is 20.7. The standard InChI is InChI=1S/C13H9N5S2/c1-18-12(10-3-2-6-19-10)16-17-13(18)20-11-5-4-9(7-14)8-15-11/h2-6,8H,1H3. The maximum absolute atomic E-state index is 8.75. The summed E-state index contributed by atoms with van der Waals surface area (Å²) in [6.45, 7) is 0. The zero-order valence-electron chi connectivity index (χ0n) is 10.5. The minimum Gasteiger partial charge on any atom is -0.304 e. The second kappa shape index (κ2) is 5.45. The molecule has 0 fully saturated rings. The molecule has 0 aliphatic carbocycles. The van der Waals surface area contributed by atoms with Gasteiger partial charge >= 0.3 is 0 Å². The van der Waals surface area contributed by atoms with Crippen molar-refractivity contribution in [2.45, 2.75) is 10.2 Å². The predicted molar refractivity (Wildman–Crippen MR) is 77.4 cm³/mol. The molecule has 0 aliphatic rings. The quantitative estimate of drug-likeness (QED) is 0.743. The molecule has 20 heavy (non-hydrogen) atoms. The van der Waals surface area contributed by atoms with Gasteiger partial charge in [-0.25, -0.2) is 4.98 Å². The summed E-state index contributed by atoms with van der Waals surface area (Å²) in [6, 6.07) is 9.61. The van der Waals surface area contributed by atoms with Crippen molar-refractivity contribution in [3.05, 3.63) is 41.4 Å². The topological polar surface area (TPSA) is 67.4 Å². The summed E-state index contributed by atoms with van der Waals surface area (Å²) >= 11 is 3.06. The van der Waals surface area contributed by atoms with E-state index < -0.39 is 0 Å². The Morgan fingerprint density at radius 3 is 2.85 bits per heavy atom. The molecule has 3 heterocycles. The number of hydrogen-bond donors (Lipinski definition) is 0. The van der Waals surface area contributed by atoms with Gasteiger partial charge in [-0.1, -0.05) is 6.07 Å². The van der Waals surface area contributed by atoms with Crippen molar-refractivity contribution in [3.63, 3.8) is 0 Å². The van der Waals surface area contributed by atoms with Crippen molar-refractivity contribution < 1.29 is 0 Å². The van der Waals surface area contributed by atoms with E-state index in [-0.39, 0.29) is 0 Å². The summed E-state index contributed by atoms with van der Waals surface area (Å²) in [6.07, 6.45) is 1.55. The second-order valence-electron chi connectivity index (χ2n) is 3.94. The van der Waals surface area contributed by atoms with Crippen LogP contribution >= 0.6 is 23.1 Å². The van der Waals surface area contributed by atoms with Crippen molar-refractivity contribution in [1.82, 2.24) is 19.7 Å². The Labute approximate surface area is 123 Å². The van der Waals surface area contributed by atoms with Gasteiger partial charge < -0.3 is 4.57 Å². The average Bonchev–Trinajstić information content (AvgIpc) is 3.11. The van der Waals surface area contributed by atoms with E-state index in [0.717, 1.165) is 20.9 Å². The van der Waals surface area contributed by atoms with Gasteiger partial charge in [0.1, 0.15) is 11.1 Å². The highest BCUT2D eigenvalue weighted by atomic mass is 32.2. The third kappa shape index (κ3) is 2.43. The lowest BCUT2D eigenvalue weighted by Gasteiger charge is -2.01. The van der Waals surface area contributed by atoms with E-state index in [9.17, 15) is 0 Å². The number of hydrogen-bond acceptors (Lipinski definition) is 6. The molecule has 0 spiro atoms. The maximum atomic E-state index is 8.75. The Hall–Kier alpha value is -2.17. The van der Waals surface area contributed by atoms with Gasteiger partial charge in [0.15, 0.2) is 11.0 Å². The van der Waals surface area contributed by atoms with Gasteiger partial charge in [0.25, 0.3) is 0 Å². The Balaban J connectivity index is 1.86. The second-order valence-corrected chi connectivity index (χ2v) is 5.88. The first-order chi connectivity index (χ1) is 9.78. The van der Waals surface area contributed by atoms with Crippen LogP contribution in [0.3, 0.4) is 0 Å². The van der Waals surface area contributed by atoms with Crippen molar-refractivity contribution in [3.8, 4) is 16.8 Å². The fraction of sp³-hybridized carbons (Fsp3) is 0.0769. The first-order valence-electron chi connectivity index (χ1n) is 5.75. The number of nitrogens with zero attached hydrogens (tertiary/aromatic N) is 5. The van der Waals surface area contributed by atoms with Crippen LogP contribution in [0.5, 0.6) is 0 Å². The summed E-state index contributed by atoms with van der Waals surface area (Å²) in [7, 11) is 1.93. The zero-order valence-corrected chi connectivity index (χ0v) is 12.1. The Bertz CT molecular complexity index is 753. The van der Waals surface area contributed by atoms with Gasteiger partial charge in [-0.2, -0.15) is 5.26 Å². The molecule has 3 aromatic rings. The largest absolute Gasteiger partial charge is 0.304 e. The molecule has 0 aromatic carbocycles. The number of rotatable bonds is 3. The van der Waals surface area contributed by atoms with Crippen LogP contribution in [0.2, 0.25) is 0 Å². The third-order valence-electron chi connectivity index (χ3n) is 2.64. The highest BCUT2D eigenvalue weighted by Gasteiger charge is 2.13. The Morgan fingerprint density at radius 1 is 1.30 bits per heavy atom.